The lowest BCUT2D eigenvalue weighted by atomic mass is 9.93. The number of carbonyl (C=O) groups excluding carboxylic acids is 2. The van der Waals surface area contributed by atoms with Gasteiger partial charge in [0, 0.05) is 14.8 Å². The molecule has 2 rings (SSSR count). The number of benzene rings is 2. The molecule has 2 aromatic rings. The molecule has 0 fully saturated rings. The van der Waals surface area contributed by atoms with Gasteiger partial charge in [-0.05, 0) is 75.9 Å². The Morgan fingerprint density at radius 3 is 2.29 bits per heavy atom. The Labute approximate surface area is 209 Å². The molecule has 0 bridgehead atoms. The highest BCUT2D eigenvalue weighted by Crippen LogP contribution is 2.32. The third kappa shape index (κ3) is 7.96. The first-order chi connectivity index (χ1) is 16.4. The first-order valence-electron chi connectivity index (χ1n) is 10.9. The standard InChI is InChI=1S/C24H27ClF3NO5S/c1-4-33-21(30)23(3,29-22(31)34-5-2)13-7-8-16-11-12-19(15-20(16)25)35(32)18-10-6-9-17(14-18)24(26,27)28/h6,9-12,14-15H,4-5,7-8,13H2,1-3H3,(H,29,31). The van der Waals surface area contributed by atoms with E-state index in [0.29, 0.717) is 23.4 Å². The second-order valence-corrected chi connectivity index (χ2v) is 9.69. The van der Waals surface area contributed by atoms with Crippen LogP contribution >= 0.6 is 11.6 Å². The molecule has 35 heavy (non-hydrogen) atoms. The lowest BCUT2D eigenvalue weighted by Gasteiger charge is -2.28. The first-order valence-corrected chi connectivity index (χ1v) is 12.4. The maximum absolute atomic E-state index is 13.0. The van der Waals surface area contributed by atoms with Crippen molar-refractivity contribution in [1.29, 1.82) is 0 Å². The number of hydrogen-bond donors (Lipinski definition) is 1. The SMILES string of the molecule is CCOC(=O)NC(C)(CCCc1ccc(S(=O)c2cccc(C(F)(F)F)c2)cc1Cl)C(=O)OCC. The third-order valence-corrected chi connectivity index (χ3v) is 6.83. The highest BCUT2D eigenvalue weighted by molar-refractivity contribution is 7.85. The van der Waals surface area contributed by atoms with Crippen molar-refractivity contribution in [3.63, 3.8) is 0 Å². The molecule has 2 aromatic carbocycles. The summed E-state index contributed by atoms with van der Waals surface area (Å²) in [5.74, 6) is -0.592. The lowest BCUT2D eigenvalue weighted by Crippen LogP contribution is -2.53. The Morgan fingerprint density at radius 2 is 1.69 bits per heavy atom. The number of carbonyl (C=O) groups is 2. The van der Waals surface area contributed by atoms with Crippen LogP contribution in [0.1, 0.15) is 44.7 Å². The van der Waals surface area contributed by atoms with Gasteiger partial charge in [-0.25, -0.2) is 13.8 Å². The van der Waals surface area contributed by atoms with E-state index in [1.165, 1.54) is 18.2 Å². The van der Waals surface area contributed by atoms with Crippen molar-refractivity contribution in [3.05, 3.63) is 58.6 Å². The predicted octanol–water partition coefficient (Wildman–Crippen LogP) is 5.92. The second-order valence-electron chi connectivity index (χ2n) is 7.80. The lowest BCUT2D eigenvalue weighted by molar-refractivity contribution is -0.150. The largest absolute Gasteiger partial charge is 0.464 e. The number of aryl methyl sites for hydroxylation is 1. The van der Waals surface area contributed by atoms with Crippen molar-refractivity contribution >= 4 is 34.5 Å². The molecule has 0 spiro atoms. The van der Waals surface area contributed by atoms with Crippen LogP contribution in [0.15, 0.2) is 52.3 Å². The van der Waals surface area contributed by atoms with E-state index in [1.54, 1.807) is 32.9 Å². The smallest absolute Gasteiger partial charge is 0.416 e. The quantitative estimate of drug-likeness (QED) is 0.384. The van der Waals surface area contributed by atoms with E-state index in [2.05, 4.69) is 5.32 Å². The van der Waals surface area contributed by atoms with Crippen LogP contribution in [0.25, 0.3) is 0 Å². The zero-order chi connectivity index (χ0) is 26.2. The first kappa shape index (κ1) is 28.6. The molecule has 0 saturated carbocycles. The van der Waals surface area contributed by atoms with Crippen LogP contribution in [0.3, 0.4) is 0 Å². The minimum atomic E-state index is -4.54. The summed E-state index contributed by atoms with van der Waals surface area (Å²) in [5, 5.41) is 2.84. The number of esters is 1. The number of alkyl halides is 3. The molecule has 0 aliphatic rings. The summed E-state index contributed by atoms with van der Waals surface area (Å²) in [6.45, 7) is 5.15. The van der Waals surface area contributed by atoms with E-state index in [1.807, 2.05) is 0 Å². The number of nitrogens with one attached hydrogen (secondary N) is 1. The summed E-state index contributed by atoms with van der Waals surface area (Å²) in [6.07, 6.45) is -4.17. The van der Waals surface area contributed by atoms with Gasteiger partial charge in [-0.3, -0.25) is 0 Å². The summed E-state index contributed by atoms with van der Waals surface area (Å²) in [4.78, 5) is 24.6. The molecule has 0 aliphatic heterocycles. The molecule has 11 heteroatoms. The molecule has 0 aliphatic carbocycles. The second kappa shape index (κ2) is 12.4. The van der Waals surface area contributed by atoms with Crippen LogP contribution in [0.5, 0.6) is 0 Å². The monoisotopic (exact) mass is 533 g/mol. The Bertz CT molecular complexity index is 1080. The van der Waals surface area contributed by atoms with Crippen molar-refractivity contribution < 1.29 is 36.4 Å². The van der Waals surface area contributed by atoms with E-state index in [-0.39, 0.29) is 29.4 Å². The number of hydrogen-bond acceptors (Lipinski definition) is 5. The van der Waals surface area contributed by atoms with Crippen LogP contribution < -0.4 is 5.32 Å². The summed E-state index contributed by atoms with van der Waals surface area (Å²) in [5.41, 5.74) is -1.49. The van der Waals surface area contributed by atoms with Gasteiger partial charge in [-0.1, -0.05) is 23.7 Å². The van der Waals surface area contributed by atoms with Crippen LogP contribution in [-0.2, 0) is 37.7 Å². The van der Waals surface area contributed by atoms with Crippen LogP contribution in [0, 0.1) is 0 Å². The molecule has 1 N–H and O–H groups in total. The van der Waals surface area contributed by atoms with Gasteiger partial charge in [-0.15, -0.1) is 0 Å². The Morgan fingerprint density at radius 1 is 1.03 bits per heavy atom. The molecule has 0 radical (unpaired) electrons. The third-order valence-electron chi connectivity index (χ3n) is 5.12. The minimum Gasteiger partial charge on any atom is -0.464 e. The van der Waals surface area contributed by atoms with Gasteiger partial charge in [-0.2, -0.15) is 13.2 Å². The maximum Gasteiger partial charge on any atom is 0.416 e. The predicted molar refractivity (Wildman–Crippen MR) is 126 cm³/mol. The fourth-order valence-corrected chi connectivity index (χ4v) is 4.77. The average Bonchev–Trinajstić information content (AvgIpc) is 2.79. The molecule has 2 atom stereocenters. The van der Waals surface area contributed by atoms with Gasteiger partial charge in [0.1, 0.15) is 5.54 Å². The summed E-state index contributed by atoms with van der Waals surface area (Å²) in [6, 6.07) is 8.97. The van der Waals surface area contributed by atoms with Crippen LogP contribution in [0.2, 0.25) is 5.02 Å². The highest BCUT2D eigenvalue weighted by Gasteiger charge is 2.36. The molecule has 2 unspecified atom stereocenters. The van der Waals surface area contributed by atoms with Gasteiger partial charge in [0.25, 0.3) is 0 Å². The molecule has 0 heterocycles. The van der Waals surface area contributed by atoms with Crippen molar-refractivity contribution in [1.82, 2.24) is 5.32 Å². The van der Waals surface area contributed by atoms with Gasteiger partial charge < -0.3 is 14.8 Å². The zero-order valence-electron chi connectivity index (χ0n) is 19.5. The molecule has 6 nitrogen and oxygen atoms in total. The summed E-state index contributed by atoms with van der Waals surface area (Å²) >= 11 is 6.36. The van der Waals surface area contributed by atoms with Gasteiger partial charge in [0.2, 0.25) is 0 Å². The Balaban J connectivity index is 2.12. The topological polar surface area (TPSA) is 81.7 Å². The zero-order valence-corrected chi connectivity index (χ0v) is 21.1. The summed E-state index contributed by atoms with van der Waals surface area (Å²) in [7, 11) is -1.85. The number of alkyl carbamates (subject to hydrolysis) is 1. The van der Waals surface area contributed by atoms with Crippen LogP contribution in [-0.4, -0.2) is 35.0 Å². The van der Waals surface area contributed by atoms with Gasteiger partial charge in [0.05, 0.1) is 29.6 Å². The number of amides is 1. The van der Waals surface area contributed by atoms with Crippen molar-refractivity contribution in [2.45, 2.75) is 61.5 Å². The van der Waals surface area contributed by atoms with Gasteiger partial charge >= 0.3 is 18.2 Å². The van der Waals surface area contributed by atoms with Crippen molar-refractivity contribution in [3.8, 4) is 0 Å². The fraction of sp³-hybridized carbons (Fsp3) is 0.417. The van der Waals surface area contributed by atoms with Crippen molar-refractivity contribution in [2.75, 3.05) is 13.2 Å². The Hall–Kier alpha value is -2.59. The molecular weight excluding hydrogens is 507 g/mol. The van der Waals surface area contributed by atoms with E-state index < -0.39 is 40.1 Å². The minimum absolute atomic E-state index is 0.0129. The summed E-state index contributed by atoms with van der Waals surface area (Å²) < 4.78 is 61.7. The molecular formula is C24H27ClF3NO5S. The van der Waals surface area contributed by atoms with E-state index >= 15 is 0 Å². The highest BCUT2D eigenvalue weighted by atomic mass is 35.5. The molecule has 192 valence electrons. The average molecular weight is 534 g/mol. The van der Waals surface area contributed by atoms with E-state index in [0.717, 1.165) is 12.1 Å². The molecule has 0 aromatic heterocycles. The molecule has 1 amide bonds. The van der Waals surface area contributed by atoms with Gasteiger partial charge in [0.15, 0.2) is 0 Å². The Kier molecular flexibility index (Phi) is 10.1. The molecule has 0 saturated heterocycles. The number of rotatable bonds is 10. The van der Waals surface area contributed by atoms with E-state index in [4.69, 9.17) is 21.1 Å². The van der Waals surface area contributed by atoms with E-state index in [9.17, 15) is 27.0 Å². The van der Waals surface area contributed by atoms with Crippen molar-refractivity contribution in [2.24, 2.45) is 0 Å². The fourth-order valence-electron chi connectivity index (χ4n) is 3.30. The maximum atomic E-state index is 13.0. The normalized spacial score (nSPS) is 14.0. The number of halogens is 4. The number of ether oxygens (including phenoxy) is 2. The van der Waals surface area contributed by atoms with Crippen LogP contribution in [0.4, 0.5) is 18.0 Å².